The third-order valence-corrected chi connectivity index (χ3v) is 2.45. The predicted molar refractivity (Wildman–Crippen MR) is 66.1 cm³/mol. The van der Waals surface area contributed by atoms with Crippen LogP contribution < -0.4 is 0 Å². The van der Waals surface area contributed by atoms with Gasteiger partial charge in [-0.25, -0.2) is 0 Å². The summed E-state index contributed by atoms with van der Waals surface area (Å²) in [4.78, 5) is 10.9. The minimum atomic E-state index is 0.425. The lowest BCUT2D eigenvalue weighted by molar-refractivity contribution is -0.118. The smallest absolute Gasteiger partial charge is 0.132 e. The van der Waals surface area contributed by atoms with Crippen LogP contribution >= 0.6 is 0 Å². The fourth-order valence-corrected chi connectivity index (χ4v) is 1.46. The van der Waals surface area contributed by atoms with E-state index in [1.165, 1.54) is 38.5 Å². The molecule has 0 atom stereocenters. The molecule has 0 spiro atoms. The summed E-state index contributed by atoms with van der Waals surface area (Å²) in [6.45, 7) is 4.18. The first kappa shape index (κ1) is 17.0. The number of Topliss-reactive ketones (excluding diaryl/α,β-unsaturated/α-hetero) is 1. The molecule has 0 fully saturated rings. The molecule has 0 saturated carbocycles. The van der Waals surface area contributed by atoms with E-state index in [9.17, 15) is 4.79 Å². The lowest BCUT2D eigenvalue weighted by Gasteiger charge is -1.99. The van der Waals surface area contributed by atoms with Crippen molar-refractivity contribution < 1.29 is 9.90 Å². The van der Waals surface area contributed by atoms with Gasteiger partial charge >= 0.3 is 0 Å². The molecule has 0 aromatic heterocycles. The molecule has 0 saturated heterocycles. The Hall–Kier alpha value is -0.370. The Kier molecular flexibility index (Phi) is 18.3. The molecule has 92 valence electrons. The standard InChI is InChI=1S/C12H24O.CH4O/c1-3-5-6-7-8-9-10-11-12(13)4-2;1-2/h3-11H2,1-2H3;2H,1H3. The number of rotatable bonds is 9. The van der Waals surface area contributed by atoms with Crippen molar-refractivity contribution in [1.29, 1.82) is 0 Å². The maximum absolute atomic E-state index is 10.9. The zero-order valence-electron chi connectivity index (χ0n) is 10.7. The predicted octanol–water partition coefficient (Wildman–Crippen LogP) is 3.71. The normalized spacial score (nSPS) is 9.33. The molecule has 0 radical (unpaired) electrons. The Labute approximate surface area is 95.1 Å². The van der Waals surface area contributed by atoms with Crippen LogP contribution in [0, 0.1) is 0 Å². The van der Waals surface area contributed by atoms with E-state index in [-0.39, 0.29) is 0 Å². The number of hydrogen-bond acceptors (Lipinski definition) is 2. The van der Waals surface area contributed by atoms with Crippen molar-refractivity contribution in [2.24, 2.45) is 0 Å². The van der Waals surface area contributed by atoms with E-state index in [0.717, 1.165) is 26.4 Å². The van der Waals surface area contributed by atoms with E-state index < -0.39 is 0 Å². The number of carbonyl (C=O) groups is 1. The van der Waals surface area contributed by atoms with Crippen molar-refractivity contribution in [3.63, 3.8) is 0 Å². The summed E-state index contributed by atoms with van der Waals surface area (Å²) in [7, 11) is 1.00. The molecule has 0 aliphatic carbocycles. The van der Waals surface area contributed by atoms with Gasteiger partial charge in [-0.15, -0.1) is 0 Å². The van der Waals surface area contributed by atoms with Gasteiger partial charge in [0.25, 0.3) is 0 Å². The van der Waals surface area contributed by atoms with Gasteiger partial charge in [0.2, 0.25) is 0 Å². The number of aliphatic hydroxyl groups is 1. The first-order chi connectivity index (χ1) is 7.31. The third-order valence-electron chi connectivity index (χ3n) is 2.45. The summed E-state index contributed by atoms with van der Waals surface area (Å²) in [5.74, 6) is 0.425. The number of carbonyl (C=O) groups excluding carboxylic acids is 1. The van der Waals surface area contributed by atoms with Gasteiger partial charge in [0.05, 0.1) is 0 Å². The topological polar surface area (TPSA) is 37.3 Å². The lowest BCUT2D eigenvalue weighted by atomic mass is 10.1. The molecule has 15 heavy (non-hydrogen) atoms. The molecule has 0 aliphatic rings. The van der Waals surface area contributed by atoms with Gasteiger partial charge < -0.3 is 5.11 Å². The van der Waals surface area contributed by atoms with Crippen molar-refractivity contribution in [2.75, 3.05) is 7.11 Å². The molecule has 0 rings (SSSR count). The molecule has 0 bridgehead atoms. The minimum Gasteiger partial charge on any atom is -0.400 e. The SMILES string of the molecule is CCCCCCCCCC(=O)CC.CO. The van der Waals surface area contributed by atoms with E-state index in [1.807, 2.05) is 6.92 Å². The molecule has 0 heterocycles. The third kappa shape index (κ3) is 16.3. The number of hydrogen-bond donors (Lipinski definition) is 1. The van der Waals surface area contributed by atoms with Crippen LogP contribution in [0.25, 0.3) is 0 Å². The number of aliphatic hydroxyl groups excluding tert-OH is 1. The molecular weight excluding hydrogens is 188 g/mol. The van der Waals surface area contributed by atoms with Crippen molar-refractivity contribution in [1.82, 2.24) is 0 Å². The van der Waals surface area contributed by atoms with Crippen molar-refractivity contribution >= 4 is 5.78 Å². The van der Waals surface area contributed by atoms with Gasteiger partial charge in [0, 0.05) is 20.0 Å². The average Bonchev–Trinajstić information content (AvgIpc) is 2.30. The van der Waals surface area contributed by atoms with Gasteiger partial charge in [0.1, 0.15) is 5.78 Å². The van der Waals surface area contributed by atoms with Crippen LogP contribution in [0.4, 0.5) is 0 Å². The number of unbranched alkanes of at least 4 members (excludes halogenated alkanes) is 6. The number of ketones is 1. The first-order valence-corrected chi connectivity index (χ1v) is 6.27. The van der Waals surface area contributed by atoms with Crippen LogP contribution in [0.2, 0.25) is 0 Å². The highest BCUT2D eigenvalue weighted by Gasteiger charge is 1.97. The van der Waals surface area contributed by atoms with E-state index in [1.54, 1.807) is 0 Å². The minimum absolute atomic E-state index is 0.425. The summed E-state index contributed by atoms with van der Waals surface area (Å²) < 4.78 is 0. The maximum atomic E-state index is 10.9. The zero-order chi connectivity index (χ0) is 11.9. The lowest BCUT2D eigenvalue weighted by Crippen LogP contribution is -1.94. The molecule has 2 heteroatoms. The Morgan fingerprint density at radius 1 is 0.867 bits per heavy atom. The summed E-state index contributed by atoms with van der Waals surface area (Å²) in [5.41, 5.74) is 0. The fourth-order valence-electron chi connectivity index (χ4n) is 1.46. The molecule has 2 nitrogen and oxygen atoms in total. The summed E-state index contributed by atoms with van der Waals surface area (Å²) in [6.07, 6.45) is 10.6. The Balaban J connectivity index is 0. The summed E-state index contributed by atoms with van der Waals surface area (Å²) >= 11 is 0. The van der Waals surface area contributed by atoms with E-state index in [0.29, 0.717) is 5.78 Å². The first-order valence-electron chi connectivity index (χ1n) is 6.27. The van der Waals surface area contributed by atoms with Gasteiger partial charge in [0.15, 0.2) is 0 Å². The van der Waals surface area contributed by atoms with Gasteiger partial charge in [-0.2, -0.15) is 0 Å². The summed E-state index contributed by atoms with van der Waals surface area (Å²) in [5, 5.41) is 7.00. The monoisotopic (exact) mass is 216 g/mol. The quantitative estimate of drug-likeness (QED) is 0.596. The second-order valence-electron chi connectivity index (χ2n) is 3.76. The van der Waals surface area contributed by atoms with Crippen LogP contribution in [0.5, 0.6) is 0 Å². The summed E-state index contributed by atoms with van der Waals surface area (Å²) in [6, 6.07) is 0. The molecule has 0 aromatic rings. The van der Waals surface area contributed by atoms with Crippen LogP contribution in [0.15, 0.2) is 0 Å². The van der Waals surface area contributed by atoms with E-state index in [2.05, 4.69) is 6.92 Å². The molecule has 1 N–H and O–H groups in total. The Bertz CT molecular complexity index is 122. The van der Waals surface area contributed by atoms with Gasteiger partial charge in [-0.3, -0.25) is 4.79 Å². The highest BCUT2D eigenvalue weighted by Crippen LogP contribution is 2.08. The van der Waals surface area contributed by atoms with Crippen molar-refractivity contribution in [3.05, 3.63) is 0 Å². The molecular formula is C13H28O2. The molecule has 0 aliphatic heterocycles. The Morgan fingerprint density at radius 3 is 1.80 bits per heavy atom. The van der Waals surface area contributed by atoms with Crippen LogP contribution in [0.3, 0.4) is 0 Å². The van der Waals surface area contributed by atoms with E-state index >= 15 is 0 Å². The Morgan fingerprint density at radius 2 is 1.33 bits per heavy atom. The van der Waals surface area contributed by atoms with Gasteiger partial charge in [-0.1, -0.05) is 52.4 Å². The zero-order valence-corrected chi connectivity index (χ0v) is 10.7. The van der Waals surface area contributed by atoms with Crippen LogP contribution in [-0.4, -0.2) is 18.0 Å². The van der Waals surface area contributed by atoms with Crippen LogP contribution in [-0.2, 0) is 4.79 Å². The van der Waals surface area contributed by atoms with Crippen molar-refractivity contribution in [3.8, 4) is 0 Å². The molecule has 0 amide bonds. The fraction of sp³-hybridized carbons (Fsp3) is 0.923. The average molecular weight is 216 g/mol. The second kappa shape index (κ2) is 16.1. The highest BCUT2D eigenvalue weighted by atomic mass is 16.2. The maximum Gasteiger partial charge on any atom is 0.132 e. The second-order valence-corrected chi connectivity index (χ2v) is 3.76. The highest BCUT2D eigenvalue weighted by molar-refractivity contribution is 5.77. The van der Waals surface area contributed by atoms with Crippen LogP contribution in [0.1, 0.15) is 71.6 Å². The largest absolute Gasteiger partial charge is 0.400 e. The molecule has 0 unspecified atom stereocenters. The van der Waals surface area contributed by atoms with E-state index in [4.69, 9.17) is 5.11 Å². The molecule has 0 aromatic carbocycles. The van der Waals surface area contributed by atoms with Crippen molar-refractivity contribution in [2.45, 2.75) is 71.6 Å². The van der Waals surface area contributed by atoms with Gasteiger partial charge in [-0.05, 0) is 6.42 Å².